The first-order chi connectivity index (χ1) is 8.13. The first-order valence-corrected chi connectivity index (χ1v) is 5.90. The van der Waals surface area contributed by atoms with Crippen LogP contribution in [0.3, 0.4) is 0 Å². The number of nitrogens with two attached hydrogens (primary N) is 1. The predicted octanol–water partition coefficient (Wildman–Crippen LogP) is 2.33. The van der Waals surface area contributed by atoms with Crippen LogP contribution in [0.1, 0.15) is 12.0 Å². The van der Waals surface area contributed by atoms with Crippen molar-refractivity contribution in [3.05, 3.63) is 36.4 Å². The van der Waals surface area contributed by atoms with Crippen molar-refractivity contribution in [2.45, 2.75) is 12.8 Å². The quantitative estimate of drug-likeness (QED) is 0.447. The highest BCUT2D eigenvalue weighted by Crippen LogP contribution is 2.22. The number of rotatable bonds is 7. The van der Waals surface area contributed by atoms with Crippen LogP contribution >= 0.6 is 0 Å². The molecule has 0 atom stereocenters. The zero-order valence-electron chi connectivity index (χ0n) is 10.8. The fourth-order valence-corrected chi connectivity index (χ4v) is 1.62. The molecule has 3 heteroatoms. The molecule has 0 spiro atoms. The lowest BCUT2D eigenvalue weighted by atomic mass is 10.1. The van der Waals surface area contributed by atoms with Crippen molar-refractivity contribution in [1.82, 2.24) is 4.90 Å². The first kappa shape index (κ1) is 13.6. The van der Waals surface area contributed by atoms with Gasteiger partial charge in [0, 0.05) is 12.2 Å². The summed E-state index contributed by atoms with van der Waals surface area (Å²) in [5.74, 6) is 0.915. The van der Waals surface area contributed by atoms with Gasteiger partial charge >= 0.3 is 0 Å². The van der Waals surface area contributed by atoms with Crippen molar-refractivity contribution < 1.29 is 4.74 Å². The van der Waals surface area contributed by atoms with E-state index in [-0.39, 0.29) is 0 Å². The van der Waals surface area contributed by atoms with E-state index in [1.807, 2.05) is 24.3 Å². The van der Waals surface area contributed by atoms with E-state index in [1.54, 1.807) is 0 Å². The molecule has 0 aliphatic heterocycles. The van der Waals surface area contributed by atoms with E-state index in [2.05, 4.69) is 25.6 Å². The van der Waals surface area contributed by atoms with Gasteiger partial charge in [-0.2, -0.15) is 0 Å². The Kier molecular flexibility index (Phi) is 5.57. The molecule has 0 radical (unpaired) electrons. The van der Waals surface area contributed by atoms with Gasteiger partial charge in [-0.05, 0) is 50.7 Å². The van der Waals surface area contributed by atoms with Gasteiger partial charge in [0.2, 0.25) is 0 Å². The van der Waals surface area contributed by atoms with E-state index in [0.717, 1.165) is 43.0 Å². The minimum atomic E-state index is 0.728. The van der Waals surface area contributed by atoms with Gasteiger partial charge in [0.05, 0.1) is 6.61 Å². The molecule has 0 saturated carbocycles. The van der Waals surface area contributed by atoms with Crippen molar-refractivity contribution in [2.24, 2.45) is 0 Å². The molecule has 0 aromatic heterocycles. The molecule has 17 heavy (non-hydrogen) atoms. The summed E-state index contributed by atoms with van der Waals surface area (Å²) in [4.78, 5) is 2.15. The molecule has 1 aromatic carbocycles. The Morgan fingerprint density at radius 2 is 2.18 bits per heavy atom. The van der Waals surface area contributed by atoms with Gasteiger partial charge in [-0.15, -0.1) is 6.58 Å². The Hall–Kier alpha value is -1.48. The summed E-state index contributed by atoms with van der Waals surface area (Å²) < 4.78 is 5.77. The van der Waals surface area contributed by atoms with Crippen molar-refractivity contribution in [1.29, 1.82) is 0 Å². The molecule has 94 valence electrons. The molecule has 0 unspecified atom stereocenters. The zero-order chi connectivity index (χ0) is 12.7. The van der Waals surface area contributed by atoms with E-state index in [4.69, 9.17) is 10.5 Å². The van der Waals surface area contributed by atoms with Gasteiger partial charge in [-0.3, -0.25) is 0 Å². The Morgan fingerprint density at radius 1 is 1.41 bits per heavy atom. The molecule has 0 aliphatic carbocycles. The number of ether oxygens (including phenoxy) is 1. The van der Waals surface area contributed by atoms with E-state index in [9.17, 15) is 0 Å². The molecule has 0 heterocycles. The van der Waals surface area contributed by atoms with Gasteiger partial charge in [-0.25, -0.2) is 0 Å². The van der Waals surface area contributed by atoms with Gasteiger partial charge in [0.1, 0.15) is 5.75 Å². The Bertz CT molecular complexity index is 361. The summed E-state index contributed by atoms with van der Waals surface area (Å²) in [5, 5.41) is 0. The zero-order valence-corrected chi connectivity index (χ0v) is 10.8. The topological polar surface area (TPSA) is 38.5 Å². The van der Waals surface area contributed by atoms with Crippen LogP contribution in [0.5, 0.6) is 5.75 Å². The number of nitrogen functional groups attached to an aromatic ring is 1. The highest BCUT2D eigenvalue weighted by atomic mass is 16.5. The second kappa shape index (κ2) is 6.97. The van der Waals surface area contributed by atoms with E-state index in [0.29, 0.717) is 0 Å². The van der Waals surface area contributed by atoms with Gasteiger partial charge in [0.25, 0.3) is 0 Å². The second-order valence-electron chi connectivity index (χ2n) is 4.37. The summed E-state index contributed by atoms with van der Waals surface area (Å²) in [6, 6.07) is 5.75. The van der Waals surface area contributed by atoms with Gasteiger partial charge in [-0.1, -0.05) is 6.08 Å². The van der Waals surface area contributed by atoms with Crippen molar-refractivity contribution in [3.8, 4) is 5.75 Å². The third-order valence-electron chi connectivity index (χ3n) is 2.46. The molecule has 0 fully saturated rings. The highest BCUT2D eigenvalue weighted by molar-refractivity contribution is 5.48. The molecule has 1 rings (SSSR count). The van der Waals surface area contributed by atoms with Crippen LogP contribution in [0, 0.1) is 0 Å². The Morgan fingerprint density at radius 3 is 2.82 bits per heavy atom. The third-order valence-corrected chi connectivity index (χ3v) is 2.46. The number of hydrogen-bond donors (Lipinski definition) is 1. The maximum atomic E-state index is 5.77. The Balaban J connectivity index is 2.54. The first-order valence-electron chi connectivity index (χ1n) is 5.90. The average molecular weight is 234 g/mol. The van der Waals surface area contributed by atoms with Crippen LogP contribution < -0.4 is 10.5 Å². The van der Waals surface area contributed by atoms with E-state index in [1.165, 1.54) is 0 Å². The minimum absolute atomic E-state index is 0.728. The van der Waals surface area contributed by atoms with E-state index >= 15 is 0 Å². The summed E-state index contributed by atoms with van der Waals surface area (Å²) in [6.07, 6.45) is 3.67. The standard InChI is InChI=1S/C14H22N2O/c1-4-6-12-11-13(15)7-8-14(12)17-10-5-9-16(2)3/h4,7-8,11H,1,5-6,9-10,15H2,2-3H3. The van der Waals surface area contributed by atoms with Gasteiger partial charge < -0.3 is 15.4 Å². The maximum Gasteiger partial charge on any atom is 0.122 e. The second-order valence-corrected chi connectivity index (χ2v) is 4.37. The van der Waals surface area contributed by atoms with Crippen LogP contribution in [0.2, 0.25) is 0 Å². The normalized spacial score (nSPS) is 10.5. The van der Waals surface area contributed by atoms with Crippen molar-refractivity contribution in [3.63, 3.8) is 0 Å². The lowest BCUT2D eigenvalue weighted by Gasteiger charge is -2.13. The predicted molar refractivity (Wildman–Crippen MR) is 73.4 cm³/mol. The molecule has 0 aliphatic rings. The molecule has 1 aromatic rings. The summed E-state index contributed by atoms with van der Waals surface area (Å²) in [5.41, 5.74) is 7.62. The fourth-order valence-electron chi connectivity index (χ4n) is 1.62. The smallest absolute Gasteiger partial charge is 0.122 e. The van der Waals surface area contributed by atoms with Crippen LogP contribution in [-0.4, -0.2) is 32.1 Å². The summed E-state index contributed by atoms with van der Waals surface area (Å²) in [6.45, 7) is 5.51. The van der Waals surface area contributed by atoms with Crippen LogP contribution in [-0.2, 0) is 6.42 Å². The summed E-state index contributed by atoms with van der Waals surface area (Å²) in [7, 11) is 4.12. The number of benzene rings is 1. The molecule has 0 saturated heterocycles. The number of anilines is 1. The van der Waals surface area contributed by atoms with Crippen LogP contribution in [0.15, 0.2) is 30.9 Å². The fraction of sp³-hybridized carbons (Fsp3) is 0.429. The van der Waals surface area contributed by atoms with Gasteiger partial charge in [0.15, 0.2) is 0 Å². The molecule has 0 amide bonds. The molecule has 3 nitrogen and oxygen atoms in total. The monoisotopic (exact) mass is 234 g/mol. The molecule has 2 N–H and O–H groups in total. The SMILES string of the molecule is C=CCc1cc(N)ccc1OCCCN(C)C. The van der Waals surface area contributed by atoms with Crippen LogP contribution in [0.25, 0.3) is 0 Å². The molecule has 0 bridgehead atoms. The lowest BCUT2D eigenvalue weighted by molar-refractivity contribution is 0.280. The molecular formula is C14H22N2O. The molecular weight excluding hydrogens is 212 g/mol. The van der Waals surface area contributed by atoms with Crippen LogP contribution in [0.4, 0.5) is 5.69 Å². The number of nitrogens with zero attached hydrogens (tertiary/aromatic N) is 1. The minimum Gasteiger partial charge on any atom is -0.493 e. The number of hydrogen-bond acceptors (Lipinski definition) is 3. The summed E-state index contributed by atoms with van der Waals surface area (Å²) >= 11 is 0. The van der Waals surface area contributed by atoms with E-state index < -0.39 is 0 Å². The van der Waals surface area contributed by atoms with Crippen molar-refractivity contribution >= 4 is 5.69 Å². The maximum absolute atomic E-state index is 5.77. The Labute approximate surface area is 104 Å². The highest BCUT2D eigenvalue weighted by Gasteiger charge is 2.03. The lowest BCUT2D eigenvalue weighted by Crippen LogP contribution is -2.15. The van der Waals surface area contributed by atoms with Crippen molar-refractivity contribution in [2.75, 3.05) is 33.0 Å². The third kappa shape index (κ3) is 4.91. The number of allylic oxidation sites excluding steroid dienone is 1. The average Bonchev–Trinajstić information content (AvgIpc) is 2.27. The largest absolute Gasteiger partial charge is 0.493 e.